The van der Waals surface area contributed by atoms with Gasteiger partial charge in [-0.3, -0.25) is 0 Å². The first kappa shape index (κ1) is 22.2. The minimum Gasteiger partial charge on any atom is -0.491 e. The first-order valence-electron chi connectivity index (χ1n) is 9.14. The highest BCUT2D eigenvalue weighted by atomic mass is 16.6. The van der Waals surface area contributed by atoms with E-state index in [-0.39, 0.29) is 39.6 Å². The summed E-state index contributed by atoms with van der Waals surface area (Å²) in [5.74, 6) is 0.528. The lowest BCUT2D eigenvalue weighted by molar-refractivity contribution is -0.140. The van der Waals surface area contributed by atoms with Crippen LogP contribution in [0.1, 0.15) is 6.92 Å². The fraction of sp³-hybridized carbons (Fsp3) is 0.333. The van der Waals surface area contributed by atoms with E-state index in [0.29, 0.717) is 22.5 Å². The van der Waals surface area contributed by atoms with Gasteiger partial charge in [0, 0.05) is 22.9 Å². The lowest BCUT2D eigenvalue weighted by Gasteiger charge is -2.12. The second-order valence-corrected chi connectivity index (χ2v) is 6.02. The number of aliphatic hydroxyl groups excluding tert-OH is 1. The summed E-state index contributed by atoms with van der Waals surface area (Å²) >= 11 is 0. The molecule has 0 radical (unpaired) electrons. The zero-order valence-electron chi connectivity index (χ0n) is 16.3. The lowest BCUT2D eigenvalue weighted by atomic mass is 10.1. The second-order valence-electron chi connectivity index (χ2n) is 6.02. The zero-order valence-corrected chi connectivity index (χ0v) is 16.3. The Bertz CT molecular complexity index is 850. The van der Waals surface area contributed by atoms with Crippen LogP contribution in [-0.2, 0) is 14.3 Å². The maximum atomic E-state index is 12.0. The van der Waals surface area contributed by atoms with E-state index in [2.05, 4.69) is 11.9 Å². The molecule has 0 unspecified atom stereocenters. The van der Waals surface area contributed by atoms with Crippen molar-refractivity contribution in [1.82, 2.24) is 5.32 Å². The summed E-state index contributed by atoms with van der Waals surface area (Å²) in [6.45, 7) is 5.95. The molecule has 29 heavy (non-hydrogen) atoms. The van der Waals surface area contributed by atoms with E-state index in [1.807, 2.05) is 24.3 Å². The Morgan fingerprint density at radius 1 is 1.00 bits per heavy atom. The number of esters is 1. The van der Waals surface area contributed by atoms with E-state index < -0.39 is 12.1 Å². The number of aliphatic hydroxyl groups is 1. The fourth-order valence-electron chi connectivity index (χ4n) is 2.39. The van der Waals surface area contributed by atoms with E-state index in [1.54, 1.807) is 19.1 Å². The van der Waals surface area contributed by atoms with Crippen molar-refractivity contribution in [3.05, 3.63) is 48.6 Å². The Morgan fingerprint density at radius 2 is 1.69 bits per heavy atom. The van der Waals surface area contributed by atoms with E-state index in [4.69, 9.17) is 24.1 Å². The van der Waals surface area contributed by atoms with Crippen LogP contribution < -0.4 is 14.8 Å². The van der Waals surface area contributed by atoms with Gasteiger partial charge in [-0.25, -0.2) is 9.59 Å². The van der Waals surface area contributed by atoms with E-state index in [9.17, 15) is 9.59 Å². The predicted molar refractivity (Wildman–Crippen MR) is 107 cm³/mol. The van der Waals surface area contributed by atoms with Crippen molar-refractivity contribution >= 4 is 22.8 Å². The van der Waals surface area contributed by atoms with Crippen LogP contribution in [0.15, 0.2) is 48.6 Å². The molecule has 2 rings (SSSR count). The van der Waals surface area contributed by atoms with Crippen LogP contribution in [0.2, 0.25) is 0 Å². The molecule has 0 aliphatic heterocycles. The topological polar surface area (TPSA) is 103 Å². The summed E-state index contributed by atoms with van der Waals surface area (Å²) < 4.78 is 21.1. The van der Waals surface area contributed by atoms with Crippen molar-refractivity contribution in [2.75, 3.05) is 39.6 Å². The van der Waals surface area contributed by atoms with Gasteiger partial charge in [-0.1, -0.05) is 30.8 Å². The SMILES string of the molecule is C=C(C)C(=O)OCCOCCNC(=O)Oc1ccc(OCCO)c2ccccc12. The van der Waals surface area contributed by atoms with Crippen molar-refractivity contribution in [1.29, 1.82) is 0 Å². The smallest absolute Gasteiger partial charge is 0.412 e. The minimum atomic E-state index is -0.614. The molecule has 8 heteroatoms. The molecule has 0 spiro atoms. The van der Waals surface area contributed by atoms with Crippen molar-refractivity contribution < 1.29 is 33.6 Å². The Kier molecular flexibility index (Phi) is 8.94. The number of benzene rings is 2. The molecule has 0 heterocycles. The summed E-state index contributed by atoms with van der Waals surface area (Å²) in [7, 11) is 0. The van der Waals surface area contributed by atoms with Gasteiger partial charge in [0.05, 0.1) is 19.8 Å². The van der Waals surface area contributed by atoms with Gasteiger partial charge < -0.3 is 29.4 Å². The van der Waals surface area contributed by atoms with Gasteiger partial charge >= 0.3 is 12.1 Å². The van der Waals surface area contributed by atoms with Gasteiger partial charge in [0.25, 0.3) is 0 Å². The van der Waals surface area contributed by atoms with Crippen LogP contribution in [0, 0.1) is 0 Å². The molecule has 0 saturated carbocycles. The number of hydrogen-bond acceptors (Lipinski definition) is 7. The lowest BCUT2D eigenvalue weighted by Crippen LogP contribution is -2.30. The molecule has 156 valence electrons. The molecular weight excluding hydrogens is 378 g/mol. The molecule has 0 aliphatic carbocycles. The van der Waals surface area contributed by atoms with Crippen molar-refractivity contribution in [2.24, 2.45) is 0 Å². The molecule has 0 aromatic heterocycles. The van der Waals surface area contributed by atoms with Crippen LogP contribution in [0.25, 0.3) is 10.8 Å². The molecule has 2 N–H and O–H groups in total. The molecule has 1 amide bonds. The van der Waals surface area contributed by atoms with Gasteiger partial charge in [0.2, 0.25) is 0 Å². The molecule has 2 aromatic carbocycles. The average molecular weight is 403 g/mol. The van der Waals surface area contributed by atoms with Crippen molar-refractivity contribution in [3.8, 4) is 11.5 Å². The van der Waals surface area contributed by atoms with Crippen LogP contribution in [-0.4, -0.2) is 56.7 Å². The van der Waals surface area contributed by atoms with Crippen LogP contribution >= 0.6 is 0 Å². The summed E-state index contributed by atoms with van der Waals surface area (Å²) in [5.41, 5.74) is 0.329. The van der Waals surface area contributed by atoms with Crippen LogP contribution in [0.4, 0.5) is 4.79 Å². The zero-order chi connectivity index (χ0) is 21.1. The monoisotopic (exact) mass is 403 g/mol. The van der Waals surface area contributed by atoms with Crippen molar-refractivity contribution in [3.63, 3.8) is 0 Å². The highest BCUT2D eigenvalue weighted by molar-refractivity contribution is 5.94. The summed E-state index contributed by atoms with van der Waals surface area (Å²) in [6.07, 6.45) is -0.614. The fourth-order valence-corrected chi connectivity index (χ4v) is 2.39. The first-order valence-corrected chi connectivity index (χ1v) is 9.14. The predicted octanol–water partition coefficient (Wildman–Crippen LogP) is 2.44. The first-order chi connectivity index (χ1) is 14.0. The highest BCUT2D eigenvalue weighted by Gasteiger charge is 2.11. The Labute approximate surface area is 169 Å². The molecule has 0 fully saturated rings. The molecule has 0 atom stereocenters. The number of carbonyl (C=O) groups excluding carboxylic acids is 2. The number of carbonyl (C=O) groups is 2. The summed E-state index contributed by atoms with van der Waals surface area (Å²) in [4.78, 5) is 23.2. The van der Waals surface area contributed by atoms with Crippen molar-refractivity contribution in [2.45, 2.75) is 6.92 Å². The third-order valence-corrected chi connectivity index (χ3v) is 3.72. The average Bonchev–Trinajstić information content (AvgIpc) is 2.72. The third-order valence-electron chi connectivity index (χ3n) is 3.72. The van der Waals surface area contributed by atoms with E-state index in [0.717, 1.165) is 5.39 Å². The molecule has 0 aliphatic rings. The van der Waals surface area contributed by atoms with Gasteiger partial charge in [-0.2, -0.15) is 0 Å². The number of fused-ring (bicyclic) bond motifs is 1. The number of nitrogens with one attached hydrogen (secondary N) is 1. The van der Waals surface area contributed by atoms with Crippen LogP contribution in [0.3, 0.4) is 0 Å². The van der Waals surface area contributed by atoms with Gasteiger partial charge in [-0.15, -0.1) is 0 Å². The van der Waals surface area contributed by atoms with Gasteiger partial charge in [-0.05, 0) is 19.1 Å². The Hall–Kier alpha value is -3.10. The quantitative estimate of drug-likeness (QED) is 0.337. The number of ether oxygens (including phenoxy) is 4. The number of amides is 1. The number of hydrogen-bond donors (Lipinski definition) is 2. The molecule has 8 nitrogen and oxygen atoms in total. The minimum absolute atomic E-state index is 0.0899. The Morgan fingerprint density at radius 3 is 2.38 bits per heavy atom. The second kappa shape index (κ2) is 11.7. The van der Waals surface area contributed by atoms with E-state index in [1.165, 1.54) is 0 Å². The van der Waals surface area contributed by atoms with E-state index >= 15 is 0 Å². The molecule has 2 aromatic rings. The normalized spacial score (nSPS) is 10.4. The van der Waals surface area contributed by atoms with Crippen LogP contribution in [0.5, 0.6) is 11.5 Å². The highest BCUT2D eigenvalue weighted by Crippen LogP contribution is 2.33. The molecular formula is C21H25NO7. The third kappa shape index (κ3) is 7.10. The summed E-state index contributed by atoms with van der Waals surface area (Å²) in [6, 6.07) is 10.7. The maximum absolute atomic E-state index is 12.0. The Balaban J connectivity index is 1.78. The number of rotatable bonds is 11. The molecule has 0 saturated heterocycles. The maximum Gasteiger partial charge on any atom is 0.412 e. The van der Waals surface area contributed by atoms with Gasteiger partial charge in [0.1, 0.15) is 24.7 Å². The van der Waals surface area contributed by atoms with Gasteiger partial charge in [0.15, 0.2) is 0 Å². The molecule has 0 bridgehead atoms. The largest absolute Gasteiger partial charge is 0.491 e. The standard InChI is InChI=1S/C21H25NO7/c1-15(2)20(24)28-14-13-26-11-9-22-21(25)29-19-8-7-18(27-12-10-23)16-5-3-4-6-17(16)19/h3-8,23H,1,9-14H2,2H3,(H,22,25). The summed E-state index contributed by atoms with van der Waals surface area (Å²) in [5, 5.41) is 13.0.